The molecule has 0 radical (unpaired) electrons. The van der Waals surface area contributed by atoms with E-state index in [1.54, 1.807) is 0 Å². The number of aliphatic carboxylic acids is 2. The number of carbonyl (C=O) groups is 2. The van der Waals surface area contributed by atoms with Crippen LogP contribution < -0.4 is 0 Å². The third kappa shape index (κ3) is 2.27. The molecular weight excluding hydrogens is 204 g/mol. The van der Waals surface area contributed by atoms with Crippen LogP contribution in [0.25, 0.3) is 0 Å². The van der Waals surface area contributed by atoms with Crippen LogP contribution in [-0.2, 0) is 19.1 Å². The predicted octanol–water partition coefficient (Wildman–Crippen LogP) is 0.315. The lowest BCUT2D eigenvalue weighted by molar-refractivity contribution is -0.237. The highest BCUT2D eigenvalue weighted by molar-refractivity contribution is 5.98. The molecule has 1 aliphatic heterocycles. The Bertz CT molecular complexity index is 237. The molecule has 0 atom stereocenters. The van der Waals surface area contributed by atoms with Gasteiger partial charge < -0.3 is 19.7 Å². The van der Waals surface area contributed by atoms with Crippen LogP contribution >= 0.6 is 0 Å². The van der Waals surface area contributed by atoms with Gasteiger partial charge in [-0.3, -0.25) is 9.59 Å². The molecule has 1 heterocycles. The van der Waals surface area contributed by atoms with Crippen LogP contribution in [0.5, 0.6) is 0 Å². The summed E-state index contributed by atoms with van der Waals surface area (Å²) in [6.07, 6.45) is 0.981. The molecule has 1 saturated heterocycles. The quantitative estimate of drug-likeness (QED) is 0.660. The van der Waals surface area contributed by atoms with Crippen LogP contribution in [0.15, 0.2) is 0 Å². The molecule has 0 amide bonds. The second-order valence-corrected chi connectivity index (χ2v) is 3.53. The largest absolute Gasteiger partial charge is 0.480 e. The second kappa shape index (κ2) is 4.59. The van der Waals surface area contributed by atoms with E-state index in [2.05, 4.69) is 0 Å². The molecule has 2 N–H and O–H groups in total. The maximum absolute atomic E-state index is 10.8. The molecule has 0 saturated carbocycles. The third-order valence-electron chi connectivity index (χ3n) is 2.37. The van der Waals surface area contributed by atoms with Crippen molar-refractivity contribution < 1.29 is 29.3 Å². The molecule has 15 heavy (non-hydrogen) atoms. The fourth-order valence-electron chi connectivity index (χ4n) is 1.30. The number of hydrogen-bond acceptors (Lipinski definition) is 4. The number of rotatable bonds is 4. The summed E-state index contributed by atoms with van der Waals surface area (Å²) < 4.78 is 10.1. The van der Waals surface area contributed by atoms with Gasteiger partial charge in [0.25, 0.3) is 0 Å². The number of carboxylic acid groups (broad SMARTS) is 2. The minimum absolute atomic E-state index is 0.345. The summed E-state index contributed by atoms with van der Waals surface area (Å²) in [5, 5.41) is 17.7. The van der Waals surface area contributed by atoms with Crippen molar-refractivity contribution in [3.05, 3.63) is 0 Å². The standard InChI is InChI=1S/C9H14O6/c1-2-3-6-14-4-9(5-15-6,7(10)11)8(12)13/h6H,2-5H2,1H3,(H,10,11)(H,12,13). The van der Waals surface area contributed by atoms with E-state index in [0.29, 0.717) is 6.42 Å². The Morgan fingerprint density at radius 3 is 2.07 bits per heavy atom. The lowest BCUT2D eigenvalue weighted by atomic mass is 9.89. The predicted molar refractivity (Wildman–Crippen MR) is 48.3 cm³/mol. The zero-order chi connectivity index (χ0) is 11.5. The summed E-state index contributed by atoms with van der Waals surface area (Å²) in [4.78, 5) is 21.7. The molecule has 1 rings (SSSR count). The first-order chi connectivity index (χ1) is 7.03. The van der Waals surface area contributed by atoms with Gasteiger partial charge in [0.05, 0.1) is 13.2 Å². The molecule has 0 aliphatic carbocycles. The highest BCUT2D eigenvalue weighted by Crippen LogP contribution is 2.26. The zero-order valence-electron chi connectivity index (χ0n) is 8.43. The first-order valence-electron chi connectivity index (χ1n) is 4.73. The summed E-state index contributed by atoms with van der Waals surface area (Å²) in [6, 6.07) is 0. The summed E-state index contributed by atoms with van der Waals surface area (Å²) in [5.41, 5.74) is -1.95. The van der Waals surface area contributed by atoms with Crippen molar-refractivity contribution in [2.45, 2.75) is 26.1 Å². The maximum Gasteiger partial charge on any atom is 0.325 e. The molecule has 0 bridgehead atoms. The third-order valence-corrected chi connectivity index (χ3v) is 2.37. The molecule has 1 aliphatic rings. The summed E-state index contributed by atoms with van der Waals surface area (Å²) >= 11 is 0. The number of carboxylic acids is 2. The Morgan fingerprint density at radius 2 is 1.73 bits per heavy atom. The van der Waals surface area contributed by atoms with E-state index in [-0.39, 0.29) is 13.2 Å². The molecule has 1 fully saturated rings. The van der Waals surface area contributed by atoms with Gasteiger partial charge in [0.1, 0.15) is 0 Å². The number of ether oxygens (including phenoxy) is 2. The zero-order valence-corrected chi connectivity index (χ0v) is 8.43. The average Bonchev–Trinajstić information content (AvgIpc) is 2.18. The van der Waals surface area contributed by atoms with E-state index in [9.17, 15) is 9.59 Å². The highest BCUT2D eigenvalue weighted by atomic mass is 16.7. The summed E-state index contributed by atoms with van der Waals surface area (Å²) in [7, 11) is 0. The Morgan fingerprint density at radius 1 is 1.27 bits per heavy atom. The normalized spacial score (nSPS) is 21.1. The van der Waals surface area contributed by atoms with Gasteiger partial charge in [-0.2, -0.15) is 0 Å². The minimum atomic E-state index is -1.95. The van der Waals surface area contributed by atoms with Crippen LogP contribution in [0.2, 0.25) is 0 Å². The van der Waals surface area contributed by atoms with Gasteiger partial charge in [-0.1, -0.05) is 13.3 Å². The van der Waals surface area contributed by atoms with Crippen LogP contribution in [-0.4, -0.2) is 41.7 Å². The first kappa shape index (κ1) is 11.9. The van der Waals surface area contributed by atoms with Crippen LogP contribution in [0.1, 0.15) is 19.8 Å². The molecule has 0 aromatic carbocycles. The molecule has 86 valence electrons. The first-order valence-corrected chi connectivity index (χ1v) is 4.73. The van der Waals surface area contributed by atoms with Crippen LogP contribution in [0, 0.1) is 5.41 Å². The summed E-state index contributed by atoms with van der Waals surface area (Å²) in [6.45, 7) is 1.24. The van der Waals surface area contributed by atoms with Gasteiger partial charge in [0.2, 0.25) is 5.41 Å². The highest BCUT2D eigenvalue weighted by Gasteiger charge is 2.50. The van der Waals surface area contributed by atoms with Gasteiger partial charge in [0.15, 0.2) is 6.29 Å². The summed E-state index contributed by atoms with van der Waals surface area (Å²) in [5.74, 6) is -2.85. The van der Waals surface area contributed by atoms with Gasteiger partial charge in [-0.15, -0.1) is 0 Å². The van der Waals surface area contributed by atoms with E-state index in [1.807, 2.05) is 6.92 Å². The fraction of sp³-hybridized carbons (Fsp3) is 0.778. The van der Waals surface area contributed by atoms with E-state index in [0.717, 1.165) is 6.42 Å². The van der Waals surface area contributed by atoms with Crippen molar-refractivity contribution in [1.29, 1.82) is 0 Å². The molecule has 0 aromatic heterocycles. The molecule has 6 heteroatoms. The lowest BCUT2D eigenvalue weighted by Gasteiger charge is -2.33. The van der Waals surface area contributed by atoms with Gasteiger partial charge in [-0.25, -0.2) is 0 Å². The second-order valence-electron chi connectivity index (χ2n) is 3.53. The van der Waals surface area contributed by atoms with Gasteiger partial charge >= 0.3 is 11.9 Å². The van der Waals surface area contributed by atoms with Crippen molar-refractivity contribution in [1.82, 2.24) is 0 Å². The Balaban J connectivity index is 2.66. The molecule has 6 nitrogen and oxygen atoms in total. The van der Waals surface area contributed by atoms with Crippen LogP contribution in [0.3, 0.4) is 0 Å². The van der Waals surface area contributed by atoms with Crippen LogP contribution in [0.4, 0.5) is 0 Å². The van der Waals surface area contributed by atoms with E-state index < -0.39 is 23.6 Å². The van der Waals surface area contributed by atoms with Crippen molar-refractivity contribution in [3.8, 4) is 0 Å². The Labute approximate surface area is 86.8 Å². The van der Waals surface area contributed by atoms with Crippen molar-refractivity contribution in [2.75, 3.05) is 13.2 Å². The van der Waals surface area contributed by atoms with Gasteiger partial charge in [-0.05, 0) is 6.42 Å². The minimum Gasteiger partial charge on any atom is -0.480 e. The molecule has 0 unspecified atom stereocenters. The average molecular weight is 218 g/mol. The van der Waals surface area contributed by atoms with E-state index in [1.165, 1.54) is 0 Å². The Kier molecular flexibility index (Phi) is 3.65. The number of hydrogen-bond donors (Lipinski definition) is 2. The smallest absolute Gasteiger partial charge is 0.325 e. The van der Waals surface area contributed by atoms with Crippen molar-refractivity contribution in [3.63, 3.8) is 0 Å². The lowest BCUT2D eigenvalue weighted by Crippen LogP contribution is -2.52. The van der Waals surface area contributed by atoms with Crippen molar-refractivity contribution in [2.24, 2.45) is 5.41 Å². The fourth-order valence-corrected chi connectivity index (χ4v) is 1.30. The van der Waals surface area contributed by atoms with Crippen molar-refractivity contribution >= 4 is 11.9 Å². The van der Waals surface area contributed by atoms with Gasteiger partial charge in [0, 0.05) is 0 Å². The maximum atomic E-state index is 10.8. The topological polar surface area (TPSA) is 93.1 Å². The Hall–Kier alpha value is -1.14. The molecular formula is C9H14O6. The van der Waals surface area contributed by atoms with E-state index in [4.69, 9.17) is 19.7 Å². The SMILES string of the molecule is CCCC1OCC(C(=O)O)(C(=O)O)CO1. The molecule has 0 spiro atoms. The monoisotopic (exact) mass is 218 g/mol. The van der Waals surface area contributed by atoms with E-state index >= 15 is 0 Å². The molecule has 0 aromatic rings.